The van der Waals surface area contributed by atoms with Gasteiger partial charge in [0.1, 0.15) is 6.61 Å². The molecule has 1 aromatic carbocycles. The number of halogens is 2. The van der Waals surface area contributed by atoms with Gasteiger partial charge in [-0.25, -0.2) is 0 Å². The van der Waals surface area contributed by atoms with Gasteiger partial charge in [0.2, 0.25) is 5.91 Å². The summed E-state index contributed by atoms with van der Waals surface area (Å²) < 4.78 is 5.33. The fourth-order valence-electron chi connectivity index (χ4n) is 1.32. The van der Waals surface area contributed by atoms with E-state index in [0.717, 1.165) is 13.1 Å². The molecule has 2 rings (SSSR count). The number of nitrogens with one attached hydrogen (secondary N) is 2. The molecule has 1 aliphatic heterocycles. The van der Waals surface area contributed by atoms with Crippen LogP contribution in [0.5, 0.6) is 0 Å². The topological polar surface area (TPSA) is 50.4 Å². The van der Waals surface area contributed by atoms with Gasteiger partial charge in [-0.05, 0) is 12.1 Å². The fourth-order valence-corrected chi connectivity index (χ4v) is 1.51. The van der Waals surface area contributed by atoms with E-state index in [1.807, 2.05) is 12.1 Å². The number of benzene rings is 1. The molecule has 0 unspecified atom stereocenters. The van der Waals surface area contributed by atoms with Crippen LogP contribution in [-0.2, 0) is 9.53 Å². The molecule has 1 aliphatic rings. The van der Waals surface area contributed by atoms with E-state index in [0.29, 0.717) is 10.7 Å². The maximum atomic E-state index is 11.5. The molecule has 1 amide bonds. The van der Waals surface area contributed by atoms with Gasteiger partial charge in [0.15, 0.2) is 0 Å². The second kappa shape index (κ2) is 6.81. The van der Waals surface area contributed by atoms with Crippen LogP contribution in [-0.4, -0.2) is 31.7 Å². The van der Waals surface area contributed by atoms with Crippen molar-refractivity contribution in [1.82, 2.24) is 5.32 Å². The Balaban J connectivity index is 0.00000144. The Morgan fingerprint density at radius 3 is 2.76 bits per heavy atom. The van der Waals surface area contributed by atoms with Crippen LogP contribution in [0.4, 0.5) is 5.69 Å². The van der Waals surface area contributed by atoms with Crippen molar-refractivity contribution < 1.29 is 9.53 Å². The summed E-state index contributed by atoms with van der Waals surface area (Å²) >= 11 is 5.90. The average molecular weight is 277 g/mol. The lowest BCUT2D eigenvalue weighted by Gasteiger charge is -2.26. The minimum Gasteiger partial charge on any atom is -0.366 e. The Morgan fingerprint density at radius 2 is 2.18 bits per heavy atom. The molecule has 0 bridgehead atoms. The summed E-state index contributed by atoms with van der Waals surface area (Å²) in [5.41, 5.74) is 0.615. The van der Waals surface area contributed by atoms with E-state index in [9.17, 15) is 4.79 Å². The zero-order chi connectivity index (χ0) is 11.4. The molecule has 94 valence electrons. The molecule has 2 N–H and O–H groups in total. The number of rotatable bonds is 4. The quantitative estimate of drug-likeness (QED) is 0.880. The first-order valence-corrected chi connectivity index (χ1v) is 5.50. The van der Waals surface area contributed by atoms with Crippen LogP contribution in [0, 0.1) is 0 Å². The van der Waals surface area contributed by atoms with Gasteiger partial charge in [0, 0.05) is 13.1 Å². The minimum absolute atomic E-state index is 0. The molecular weight excluding hydrogens is 263 g/mol. The maximum absolute atomic E-state index is 11.5. The Labute approximate surface area is 111 Å². The molecule has 4 nitrogen and oxygen atoms in total. The van der Waals surface area contributed by atoms with Gasteiger partial charge in [-0.2, -0.15) is 0 Å². The van der Waals surface area contributed by atoms with Crippen molar-refractivity contribution in [3.8, 4) is 0 Å². The van der Waals surface area contributed by atoms with Gasteiger partial charge in [-0.1, -0.05) is 23.7 Å². The van der Waals surface area contributed by atoms with Gasteiger partial charge in [0.05, 0.1) is 16.8 Å². The molecular formula is C11H14Cl2N2O2. The summed E-state index contributed by atoms with van der Waals surface area (Å²) in [6.07, 6.45) is 0.164. The normalized spacial score (nSPS) is 14.6. The second-order valence-electron chi connectivity index (χ2n) is 3.62. The van der Waals surface area contributed by atoms with E-state index < -0.39 is 0 Å². The van der Waals surface area contributed by atoms with E-state index >= 15 is 0 Å². The summed E-state index contributed by atoms with van der Waals surface area (Å²) in [5.74, 6) is -0.181. The number of carbonyl (C=O) groups excluding carboxylic acids is 1. The van der Waals surface area contributed by atoms with Crippen LogP contribution in [0.1, 0.15) is 0 Å². The first-order chi connectivity index (χ1) is 7.75. The molecule has 0 radical (unpaired) electrons. The summed E-state index contributed by atoms with van der Waals surface area (Å²) in [6, 6.07) is 7.12. The molecule has 6 heteroatoms. The zero-order valence-corrected chi connectivity index (χ0v) is 10.7. The molecule has 1 heterocycles. The number of ether oxygens (including phenoxy) is 1. The van der Waals surface area contributed by atoms with Crippen LogP contribution < -0.4 is 10.6 Å². The van der Waals surface area contributed by atoms with Gasteiger partial charge in [0.25, 0.3) is 0 Å². The van der Waals surface area contributed by atoms with Gasteiger partial charge in [-0.3, -0.25) is 4.79 Å². The molecule has 0 saturated carbocycles. The lowest BCUT2D eigenvalue weighted by molar-refractivity contribution is -0.123. The first-order valence-electron chi connectivity index (χ1n) is 5.12. The third-order valence-corrected chi connectivity index (χ3v) is 2.67. The smallest absolute Gasteiger partial charge is 0.250 e. The number of hydrogen-bond donors (Lipinski definition) is 2. The van der Waals surface area contributed by atoms with E-state index in [2.05, 4.69) is 10.6 Å². The Hall–Kier alpha value is -0.810. The maximum Gasteiger partial charge on any atom is 0.250 e. The lowest BCUT2D eigenvalue weighted by atomic mass is 10.2. The third kappa shape index (κ3) is 4.16. The van der Waals surface area contributed by atoms with Crippen LogP contribution in [0.3, 0.4) is 0 Å². The Morgan fingerprint density at radius 1 is 1.47 bits per heavy atom. The van der Waals surface area contributed by atoms with E-state index in [1.54, 1.807) is 12.1 Å². The van der Waals surface area contributed by atoms with Crippen molar-refractivity contribution >= 4 is 35.6 Å². The van der Waals surface area contributed by atoms with Crippen LogP contribution in [0.15, 0.2) is 24.3 Å². The van der Waals surface area contributed by atoms with E-state index in [1.165, 1.54) is 0 Å². The van der Waals surface area contributed by atoms with Gasteiger partial charge in [-0.15, -0.1) is 12.4 Å². The molecule has 0 spiro atoms. The van der Waals surface area contributed by atoms with E-state index in [4.69, 9.17) is 16.3 Å². The zero-order valence-electron chi connectivity index (χ0n) is 9.11. The van der Waals surface area contributed by atoms with Crippen LogP contribution in [0.25, 0.3) is 0 Å². The van der Waals surface area contributed by atoms with Crippen molar-refractivity contribution in [3.63, 3.8) is 0 Å². The molecule has 0 atom stereocenters. The Bertz CT molecular complexity index is 383. The lowest BCUT2D eigenvalue weighted by Crippen LogP contribution is -2.49. The summed E-state index contributed by atoms with van der Waals surface area (Å²) in [6.45, 7) is 1.70. The van der Waals surface area contributed by atoms with Crippen LogP contribution in [0.2, 0.25) is 5.02 Å². The average Bonchev–Trinajstić information content (AvgIpc) is 2.19. The van der Waals surface area contributed by atoms with E-state index in [-0.39, 0.29) is 31.0 Å². The minimum atomic E-state index is -0.181. The van der Waals surface area contributed by atoms with Crippen molar-refractivity contribution in [2.45, 2.75) is 6.10 Å². The number of carbonyl (C=O) groups is 1. The van der Waals surface area contributed by atoms with Crippen molar-refractivity contribution in [2.24, 2.45) is 0 Å². The standard InChI is InChI=1S/C11H13ClN2O2.ClH/c12-9-3-1-2-4-10(9)14-11(15)7-16-8-5-13-6-8;/h1-4,8,13H,5-7H2,(H,14,15);1H. The molecule has 1 fully saturated rings. The highest BCUT2D eigenvalue weighted by Crippen LogP contribution is 2.20. The second-order valence-corrected chi connectivity index (χ2v) is 4.03. The molecule has 1 saturated heterocycles. The highest BCUT2D eigenvalue weighted by Gasteiger charge is 2.18. The van der Waals surface area contributed by atoms with Crippen LogP contribution >= 0.6 is 24.0 Å². The first kappa shape index (κ1) is 14.3. The predicted molar refractivity (Wildman–Crippen MR) is 69.9 cm³/mol. The van der Waals surface area contributed by atoms with Crippen molar-refractivity contribution in [1.29, 1.82) is 0 Å². The number of anilines is 1. The van der Waals surface area contributed by atoms with Gasteiger partial charge < -0.3 is 15.4 Å². The summed E-state index contributed by atoms with van der Waals surface area (Å²) in [5, 5.41) is 6.29. The largest absolute Gasteiger partial charge is 0.366 e. The number of para-hydroxylation sites is 1. The Kier molecular flexibility index (Phi) is 5.71. The third-order valence-electron chi connectivity index (χ3n) is 2.34. The highest BCUT2D eigenvalue weighted by atomic mass is 35.5. The molecule has 0 aromatic heterocycles. The summed E-state index contributed by atoms with van der Waals surface area (Å²) in [4.78, 5) is 11.5. The van der Waals surface area contributed by atoms with Crippen molar-refractivity contribution in [2.75, 3.05) is 25.0 Å². The number of amides is 1. The number of hydrogen-bond acceptors (Lipinski definition) is 3. The molecule has 1 aromatic rings. The van der Waals surface area contributed by atoms with Gasteiger partial charge >= 0.3 is 0 Å². The SMILES string of the molecule is Cl.O=C(COC1CNC1)Nc1ccccc1Cl. The predicted octanol–water partition coefficient (Wildman–Crippen LogP) is 1.69. The monoisotopic (exact) mass is 276 g/mol. The molecule has 0 aliphatic carbocycles. The highest BCUT2D eigenvalue weighted by molar-refractivity contribution is 6.33. The summed E-state index contributed by atoms with van der Waals surface area (Å²) in [7, 11) is 0. The fraction of sp³-hybridized carbons (Fsp3) is 0.364. The molecule has 17 heavy (non-hydrogen) atoms. The van der Waals surface area contributed by atoms with Crippen molar-refractivity contribution in [3.05, 3.63) is 29.3 Å².